The van der Waals surface area contributed by atoms with Crippen molar-refractivity contribution in [3.05, 3.63) is 65.2 Å². The fraction of sp³-hybridized carbons (Fsp3) is 0.368. The first-order chi connectivity index (χ1) is 10.4. The highest BCUT2D eigenvalue weighted by molar-refractivity contribution is 5.53. The van der Waals surface area contributed by atoms with E-state index in [1.54, 1.807) is 7.11 Å². The van der Waals surface area contributed by atoms with Gasteiger partial charge in [-0.05, 0) is 48.4 Å². The summed E-state index contributed by atoms with van der Waals surface area (Å²) in [5, 5.41) is 3.69. The molecule has 1 N–H and O–H groups in total. The monoisotopic (exact) mass is 281 g/mol. The van der Waals surface area contributed by atoms with Gasteiger partial charge in [-0.3, -0.25) is 0 Å². The smallest absolute Gasteiger partial charge is 0.0715 e. The number of hydrogen-bond acceptors (Lipinski definition) is 2. The molecule has 0 amide bonds. The van der Waals surface area contributed by atoms with Crippen molar-refractivity contribution >= 4 is 5.69 Å². The minimum absolute atomic E-state index is 0.579. The van der Waals surface area contributed by atoms with E-state index in [0.29, 0.717) is 12.6 Å². The molecule has 2 aromatic rings. The van der Waals surface area contributed by atoms with Crippen LogP contribution < -0.4 is 5.32 Å². The molecule has 1 heterocycles. The number of para-hydroxylation sites is 1. The van der Waals surface area contributed by atoms with Gasteiger partial charge in [-0.2, -0.15) is 0 Å². The lowest BCUT2D eigenvalue weighted by Crippen LogP contribution is -2.26. The van der Waals surface area contributed by atoms with Crippen molar-refractivity contribution < 1.29 is 4.74 Å². The molecule has 1 unspecified atom stereocenters. The van der Waals surface area contributed by atoms with Crippen molar-refractivity contribution in [1.82, 2.24) is 0 Å². The highest BCUT2D eigenvalue weighted by Crippen LogP contribution is 2.26. The van der Waals surface area contributed by atoms with Crippen LogP contribution in [0.3, 0.4) is 0 Å². The maximum absolute atomic E-state index is 5.29. The standard InChI is InChI=1S/C19H23NO/c1-21-14-17-8-3-2-6-15(17)10-12-18-13-11-16-7-4-5-9-19(16)20-18/h2-9,18,20H,10-14H2,1H3. The fourth-order valence-corrected chi connectivity index (χ4v) is 3.14. The third-order valence-corrected chi connectivity index (χ3v) is 4.32. The van der Waals surface area contributed by atoms with Gasteiger partial charge < -0.3 is 10.1 Å². The van der Waals surface area contributed by atoms with Gasteiger partial charge in [0.2, 0.25) is 0 Å². The van der Waals surface area contributed by atoms with E-state index in [0.717, 1.165) is 6.42 Å². The van der Waals surface area contributed by atoms with Gasteiger partial charge in [0.05, 0.1) is 6.61 Å². The molecule has 1 aliphatic rings. The van der Waals surface area contributed by atoms with E-state index in [1.807, 2.05) is 0 Å². The maximum Gasteiger partial charge on any atom is 0.0715 e. The van der Waals surface area contributed by atoms with Gasteiger partial charge in [-0.15, -0.1) is 0 Å². The molecule has 0 saturated carbocycles. The van der Waals surface area contributed by atoms with Crippen molar-refractivity contribution in [3.63, 3.8) is 0 Å². The molecule has 0 radical (unpaired) electrons. The summed E-state index contributed by atoms with van der Waals surface area (Å²) in [6, 6.07) is 17.9. The number of rotatable bonds is 5. The summed E-state index contributed by atoms with van der Waals surface area (Å²) in [5.74, 6) is 0. The predicted octanol–water partition coefficient (Wildman–Crippen LogP) is 4.19. The third kappa shape index (κ3) is 3.45. The molecule has 0 saturated heterocycles. The Balaban J connectivity index is 1.62. The summed E-state index contributed by atoms with van der Waals surface area (Å²) in [5.41, 5.74) is 5.50. The Hall–Kier alpha value is -1.80. The lowest BCUT2D eigenvalue weighted by Gasteiger charge is -2.27. The largest absolute Gasteiger partial charge is 0.382 e. The first kappa shape index (κ1) is 14.2. The van der Waals surface area contributed by atoms with Gasteiger partial charge in [0, 0.05) is 18.8 Å². The third-order valence-electron chi connectivity index (χ3n) is 4.32. The number of aryl methyl sites for hydroxylation is 2. The highest BCUT2D eigenvalue weighted by Gasteiger charge is 2.17. The van der Waals surface area contributed by atoms with Crippen LogP contribution in [0.4, 0.5) is 5.69 Å². The maximum atomic E-state index is 5.29. The number of methoxy groups -OCH3 is 1. The molecule has 0 bridgehead atoms. The van der Waals surface area contributed by atoms with Crippen LogP contribution in [-0.4, -0.2) is 13.2 Å². The first-order valence-electron chi connectivity index (χ1n) is 7.77. The van der Waals surface area contributed by atoms with Crippen LogP contribution in [0, 0.1) is 0 Å². The molecule has 0 spiro atoms. The van der Waals surface area contributed by atoms with Gasteiger partial charge in [0.1, 0.15) is 0 Å². The Morgan fingerprint density at radius 1 is 1.05 bits per heavy atom. The van der Waals surface area contributed by atoms with Crippen molar-refractivity contribution in [2.24, 2.45) is 0 Å². The van der Waals surface area contributed by atoms with Gasteiger partial charge in [-0.1, -0.05) is 42.5 Å². The zero-order valence-electron chi connectivity index (χ0n) is 12.6. The van der Waals surface area contributed by atoms with Gasteiger partial charge in [-0.25, -0.2) is 0 Å². The predicted molar refractivity (Wildman–Crippen MR) is 87.6 cm³/mol. The zero-order valence-corrected chi connectivity index (χ0v) is 12.6. The summed E-state index contributed by atoms with van der Waals surface area (Å²) in [6.45, 7) is 0.705. The molecule has 2 nitrogen and oxygen atoms in total. The Labute approximate surface area is 127 Å². The quantitative estimate of drug-likeness (QED) is 0.887. The van der Waals surface area contributed by atoms with Crippen LogP contribution in [0.15, 0.2) is 48.5 Å². The molecule has 21 heavy (non-hydrogen) atoms. The minimum Gasteiger partial charge on any atom is -0.382 e. The Morgan fingerprint density at radius 2 is 1.81 bits per heavy atom. The molecule has 2 heteroatoms. The molecule has 0 fully saturated rings. The van der Waals surface area contributed by atoms with Crippen LogP contribution in [0.2, 0.25) is 0 Å². The second-order valence-electron chi connectivity index (χ2n) is 5.78. The zero-order chi connectivity index (χ0) is 14.5. The minimum atomic E-state index is 0.579. The van der Waals surface area contributed by atoms with Gasteiger partial charge in [0.15, 0.2) is 0 Å². The Morgan fingerprint density at radius 3 is 2.67 bits per heavy atom. The van der Waals surface area contributed by atoms with Crippen molar-refractivity contribution in [3.8, 4) is 0 Å². The second-order valence-corrected chi connectivity index (χ2v) is 5.78. The Kier molecular flexibility index (Phi) is 4.56. The van der Waals surface area contributed by atoms with Crippen LogP contribution >= 0.6 is 0 Å². The summed E-state index contributed by atoms with van der Waals surface area (Å²) in [7, 11) is 1.76. The number of ether oxygens (including phenoxy) is 1. The number of fused-ring (bicyclic) bond motifs is 1. The SMILES string of the molecule is COCc1ccccc1CCC1CCc2ccccc2N1. The normalized spacial score (nSPS) is 17.1. The molecule has 0 aliphatic carbocycles. The fourth-order valence-electron chi connectivity index (χ4n) is 3.14. The molecule has 3 rings (SSSR count). The average Bonchev–Trinajstić information content (AvgIpc) is 2.54. The molecular formula is C19H23NO. The lowest BCUT2D eigenvalue weighted by atomic mass is 9.93. The average molecular weight is 281 g/mol. The van der Waals surface area contributed by atoms with E-state index in [1.165, 1.54) is 41.6 Å². The summed E-state index contributed by atoms with van der Waals surface area (Å²) in [6.07, 6.45) is 4.70. The summed E-state index contributed by atoms with van der Waals surface area (Å²) in [4.78, 5) is 0. The molecular weight excluding hydrogens is 258 g/mol. The number of benzene rings is 2. The topological polar surface area (TPSA) is 21.3 Å². The van der Waals surface area contributed by atoms with E-state index in [9.17, 15) is 0 Å². The van der Waals surface area contributed by atoms with Crippen LogP contribution in [-0.2, 0) is 24.2 Å². The van der Waals surface area contributed by atoms with E-state index < -0.39 is 0 Å². The molecule has 1 atom stereocenters. The summed E-state index contributed by atoms with van der Waals surface area (Å²) < 4.78 is 5.29. The number of hydrogen-bond donors (Lipinski definition) is 1. The van der Waals surface area contributed by atoms with E-state index in [-0.39, 0.29) is 0 Å². The van der Waals surface area contributed by atoms with Crippen LogP contribution in [0.1, 0.15) is 29.5 Å². The summed E-state index contributed by atoms with van der Waals surface area (Å²) >= 11 is 0. The van der Waals surface area contributed by atoms with Crippen LogP contribution in [0.25, 0.3) is 0 Å². The number of anilines is 1. The van der Waals surface area contributed by atoms with Gasteiger partial charge >= 0.3 is 0 Å². The van der Waals surface area contributed by atoms with E-state index >= 15 is 0 Å². The van der Waals surface area contributed by atoms with Gasteiger partial charge in [0.25, 0.3) is 0 Å². The van der Waals surface area contributed by atoms with Crippen molar-refractivity contribution in [2.45, 2.75) is 38.3 Å². The molecule has 110 valence electrons. The number of nitrogens with one attached hydrogen (secondary N) is 1. The van der Waals surface area contributed by atoms with E-state index in [2.05, 4.69) is 53.8 Å². The molecule has 1 aliphatic heterocycles. The van der Waals surface area contributed by atoms with E-state index in [4.69, 9.17) is 4.74 Å². The van der Waals surface area contributed by atoms with Crippen molar-refractivity contribution in [2.75, 3.05) is 12.4 Å². The molecule has 2 aromatic carbocycles. The first-order valence-corrected chi connectivity index (χ1v) is 7.77. The van der Waals surface area contributed by atoms with Crippen LogP contribution in [0.5, 0.6) is 0 Å². The van der Waals surface area contributed by atoms with Crippen molar-refractivity contribution in [1.29, 1.82) is 0 Å². The molecule has 0 aromatic heterocycles. The Bertz CT molecular complexity index is 594. The lowest BCUT2D eigenvalue weighted by molar-refractivity contribution is 0.184. The second kappa shape index (κ2) is 6.77. The highest BCUT2D eigenvalue weighted by atomic mass is 16.5.